The molecular weight excluding hydrogens is 502 g/mol. The van der Waals surface area contributed by atoms with Crippen LogP contribution in [0.2, 0.25) is 0 Å². The molecule has 9 heteroatoms. The standard InChI is InChI=1S/C29H41N3O5S/c1-5-22-6-8-24(9-7-22)32(19-21(2)3)38(35,36)25-10-11-27-26(18-25)28(33)14-17-31(27)20-23-12-15-30(16-13-23)29(34)37-4/h6-11,18,21,23,28,33H,5,12-17,19-20H2,1-4H3. The molecule has 2 aromatic rings. The summed E-state index contributed by atoms with van der Waals surface area (Å²) >= 11 is 0. The molecule has 0 spiro atoms. The Hall–Kier alpha value is -2.78. The zero-order valence-corrected chi connectivity index (χ0v) is 23.8. The summed E-state index contributed by atoms with van der Waals surface area (Å²) in [6.45, 7) is 9.31. The number of sulfonamides is 1. The SMILES string of the molecule is CCc1ccc(N(CC(C)C)S(=O)(=O)c2ccc3c(c2)C(O)CCN3CC2CCN(C(=O)OC)CC2)cc1. The maximum atomic E-state index is 13.9. The molecule has 0 aromatic heterocycles. The Morgan fingerprint density at radius 2 is 1.76 bits per heavy atom. The number of methoxy groups -OCH3 is 1. The number of likely N-dealkylation sites (tertiary alicyclic amines) is 1. The molecule has 2 heterocycles. The van der Waals surface area contributed by atoms with Crippen molar-refractivity contribution >= 4 is 27.5 Å². The number of hydrogen-bond donors (Lipinski definition) is 1. The summed E-state index contributed by atoms with van der Waals surface area (Å²) in [6.07, 6.45) is 2.22. The van der Waals surface area contributed by atoms with Gasteiger partial charge < -0.3 is 19.6 Å². The molecule has 1 saturated heterocycles. The van der Waals surface area contributed by atoms with E-state index >= 15 is 0 Å². The van der Waals surface area contributed by atoms with Crippen LogP contribution in [-0.2, 0) is 21.2 Å². The summed E-state index contributed by atoms with van der Waals surface area (Å²) in [7, 11) is -2.43. The second-order valence-corrected chi connectivity index (χ2v) is 12.7. The molecule has 1 fully saturated rings. The fourth-order valence-corrected chi connectivity index (χ4v) is 7.09. The molecule has 208 valence electrons. The van der Waals surface area contributed by atoms with Crippen molar-refractivity contribution in [2.75, 3.05) is 49.0 Å². The lowest BCUT2D eigenvalue weighted by molar-refractivity contribution is 0.106. The molecule has 2 aliphatic rings. The summed E-state index contributed by atoms with van der Waals surface area (Å²) in [5, 5.41) is 10.9. The van der Waals surface area contributed by atoms with Gasteiger partial charge in [-0.3, -0.25) is 4.31 Å². The number of aryl methyl sites for hydroxylation is 1. The molecule has 4 rings (SSSR count). The van der Waals surface area contributed by atoms with Crippen LogP contribution in [0.25, 0.3) is 0 Å². The number of aliphatic hydroxyl groups is 1. The second kappa shape index (κ2) is 11.9. The van der Waals surface area contributed by atoms with Gasteiger partial charge in [0.15, 0.2) is 0 Å². The highest BCUT2D eigenvalue weighted by Crippen LogP contribution is 2.38. The van der Waals surface area contributed by atoms with Crippen molar-refractivity contribution in [2.45, 2.75) is 57.5 Å². The molecule has 1 atom stereocenters. The number of carbonyl (C=O) groups is 1. The van der Waals surface area contributed by atoms with Gasteiger partial charge in [-0.25, -0.2) is 13.2 Å². The lowest BCUT2D eigenvalue weighted by Crippen LogP contribution is -2.43. The fraction of sp³-hybridized carbons (Fsp3) is 0.552. The van der Waals surface area contributed by atoms with Crippen molar-refractivity contribution in [3.63, 3.8) is 0 Å². The van der Waals surface area contributed by atoms with E-state index in [0.29, 0.717) is 49.8 Å². The first-order valence-electron chi connectivity index (χ1n) is 13.7. The van der Waals surface area contributed by atoms with Crippen LogP contribution < -0.4 is 9.21 Å². The van der Waals surface area contributed by atoms with Crippen LogP contribution in [0, 0.1) is 11.8 Å². The van der Waals surface area contributed by atoms with Crippen molar-refractivity contribution in [1.29, 1.82) is 0 Å². The molecule has 38 heavy (non-hydrogen) atoms. The third-order valence-corrected chi connectivity index (χ3v) is 9.44. The molecule has 0 aliphatic carbocycles. The Morgan fingerprint density at radius 1 is 1.08 bits per heavy atom. The number of anilines is 2. The predicted molar refractivity (Wildman–Crippen MR) is 150 cm³/mol. The first kappa shape index (κ1) is 28.2. The van der Waals surface area contributed by atoms with Gasteiger partial charge in [0.1, 0.15) is 0 Å². The number of hydrogen-bond acceptors (Lipinski definition) is 6. The van der Waals surface area contributed by atoms with E-state index in [0.717, 1.165) is 37.1 Å². The van der Waals surface area contributed by atoms with E-state index in [1.165, 1.54) is 11.4 Å². The van der Waals surface area contributed by atoms with Gasteiger partial charge in [0.25, 0.3) is 10.0 Å². The minimum absolute atomic E-state index is 0.139. The van der Waals surface area contributed by atoms with Gasteiger partial charge >= 0.3 is 6.09 Å². The van der Waals surface area contributed by atoms with Crippen LogP contribution in [-0.4, -0.2) is 64.4 Å². The number of piperidine rings is 1. The third kappa shape index (κ3) is 6.10. The molecule has 0 radical (unpaired) electrons. The first-order chi connectivity index (χ1) is 18.1. The van der Waals surface area contributed by atoms with Gasteiger partial charge in [-0.2, -0.15) is 0 Å². The van der Waals surface area contributed by atoms with E-state index in [9.17, 15) is 18.3 Å². The lowest BCUT2D eigenvalue weighted by atomic mass is 9.93. The molecule has 2 aromatic carbocycles. The van der Waals surface area contributed by atoms with E-state index in [-0.39, 0.29) is 16.9 Å². The zero-order chi connectivity index (χ0) is 27.4. The highest BCUT2D eigenvalue weighted by Gasteiger charge is 2.32. The third-order valence-electron chi connectivity index (χ3n) is 7.65. The quantitative estimate of drug-likeness (QED) is 0.513. The summed E-state index contributed by atoms with van der Waals surface area (Å²) < 4.78 is 34.2. The van der Waals surface area contributed by atoms with Gasteiger partial charge in [0.05, 0.1) is 23.8 Å². The van der Waals surface area contributed by atoms with Crippen molar-refractivity contribution in [2.24, 2.45) is 11.8 Å². The Balaban J connectivity index is 1.57. The average Bonchev–Trinajstić information content (AvgIpc) is 2.93. The van der Waals surface area contributed by atoms with Crippen molar-refractivity contribution in [3.05, 3.63) is 53.6 Å². The number of benzene rings is 2. The Kier molecular flexibility index (Phi) is 8.88. The van der Waals surface area contributed by atoms with Crippen LogP contribution in [0.3, 0.4) is 0 Å². The number of aliphatic hydroxyl groups excluding tert-OH is 1. The molecule has 1 amide bonds. The molecule has 1 unspecified atom stereocenters. The van der Waals surface area contributed by atoms with Gasteiger partial charge in [0, 0.05) is 44.0 Å². The topological polar surface area (TPSA) is 90.4 Å². The minimum atomic E-state index is -3.83. The van der Waals surface area contributed by atoms with Crippen LogP contribution >= 0.6 is 0 Å². The average molecular weight is 544 g/mol. The summed E-state index contributed by atoms with van der Waals surface area (Å²) in [5.41, 5.74) is 3.36. The van der Waals surface area contributed by atoms with Crippen LogP contribution in [0.4, 0.5) is 16.2 Å². The van der Waals surface area contributed by atoms with E-state index in [4.69, 9.17) is 4.74 Å². The number of carbonyl (C=O) groups excluding carboxylic acids is 1. The maximum Gasteiger partial charge on any atom is 0.409 e. The van der Waals surface area contributed by atoms with E-state index in [1.54, 1.807) is 17.0 Å². The highest BCUT2D eigenvalue weighted by molar-refractivity contribution is 7.92. The number of rotatable bonds is 8. The van der Waals surface area contributed by atoms with E-state index in [1.807, 2.05) is 44.2 Å². The number of fused-ring (bicyclic) bond motifs is 1. The number of ether oxygens (including phenoxy) is 1. The second-order valence-electron chi connectivity index (χ2n) is 10.8. The lowest BCUT2D eigenvalue weighted by Gasteiger charge is -2.39. The fourth-order valence-electron chi connectivity index (χ4n) is 5.43. The van der Waals surface area contributed by atoms with E-state index in [2.05, 4.69) is 11.8 Å². The Labute approximate surface area is 227 Å². The Bertz CT molecular complexity index is 1210. The Morgan fingerprint density at radius 3 is 2.37 bits per heavy atom. The monoisotopic (exact) mass is 543 g/mol. The summed E-state index contributed by atoms with van der Waals surface area (Å²) in [4.78, 5) is 16.0. The van der Waals surface area contributed by atoms with Crippen molar-refractivity contribution in [1.82, 2.24) is 4.90 Å². The zero-order valence-electron chi connectivity index (χ0n) is 23.0. The van der Waals surface area contributed by atoms with Crippen LogP contribution in [0.1, 0.15) is 57.3 Å². The molecule has 0 bridgehead atoms. The predicted octanol–water partition coefficient (Wildman–Crippen LogP) is 4.82. The molecular formula is C29H41N3O5S. The van der Waals surface area contributed by atoms with Gasteiger partial charge in [-0.05, 0) is 73.4 Å². The van der Waals surface area contributed by atoms with Crippen LogP contribution in [0.15, 0.2) is 47.4 Å². The maximum absolute atomic E-state index is 13.9. The largest absolute Gasteiger partial charge is 0.453 e. The molecule has 2 aliphatic heterocycles. The highest BCUT2D eigenvalue weighted by atomic mass is 32.2. The van der Waals surface area contributed by atoms with Gasteiger partial charge in [-0.1, -0.05) is 32.9 Å². The molecule has 8 nitrogen and oxygen atoms in total. The van der Waals surface area contributed by atoms with Crippen molar-refractivity contribution in [3.8, 4) is 0 Å². The minimum Gasteiger partial charge on any atom is -0.453 e. The first-order valence-corrected chi connectivity index (χ1v) is 15.1. The van der Waals surface area contributed by atoms with Crippen LogP contribution in [0.5, 0.6) is 0 Å². The molecule has 0 saturated carbocycles. The van der Waals surface area contributed by atoms with Gasteiger partial charge in [0.2, 0.25) is 0 Å². The van der Waals surface area contributed by atoms with E-state index < -0.39 is 16.1 Å². The van der Waals surface area contributed by atoms with Gasteiger partial charge in [-0.15, -0.1) is 0 Å². The van der Waals surface area contributed by atoms with Crippen molar-refractivity contribution < 1.29 is 23.1 Å². The smallest absolute Gasteiger partial charge is 0.409 e. The number of amides is 1. The number of nitrogens with zero attached hydrogens (tertiary/aromatic N) is 3. The summed E-state index contributed by atoms with van der Waals surface area (Å²) in [5.74, 6) is 0.551. The summed E-state index contributed by atoms with van der Waals surface area (Å²) in [6, 6.07) is 12.9. The molecule has 1 N–H and O–H groups in total. The normalized spacial score (nSPS) is 18.4.